The highest BCUT2D eigenvalue weighted by Crippen LogP contribution is 2.08. The van der Waals surface area contributed by atoms with Gasteiger partial charge in [0.25, 0.3) is 0 Å². The van der Waals surface area contributed by atoms with Crippen LogP contribution in [0, 0.1) is 0 Å². The van der Waals surface area contributed by atoms with Crippen molar-refractivity contribution < 1.29 is 9.53 Å². The van der Waals surface area contributed by atoms with E-state index in [9.17, 15) is 4.79 Å². The Morgan fingerprint density at radius 1 is 1.11 bits per heavy atom. The van der Waals surface area contributed by atoms with Crippen LogP contribution in [-0.4, -0.2) is 11.5 Å². The molecule has 0 atom stereocenters. The van der Waals surface area contributed by atoms with Gasteiger partial charge >= 0.3 is 5.97 Å². The minimum absolute atomic E-state index is 0.222. The molecule has 19 heavy (non-hydrogen) atoms. The molecule has 0 amide bonds. The minimum Gasteiger partial charge on any atom is -0.459 e. The third-order valence-corrected chi connectivity index (χ3v) is 1.88. The number of hydrogen-bond donors (Lipinski definition) is 2. The fraction of sp³-hybridized carbons (Fsp3) is 0.533. The maximum Gasteiger partial charge on any atom is 0.325 e. The second-order valence-corrected chi connectivity index (χ2v) is 4.04. The van der Waals surface area contributed by atoms with Gasteiger partial charge in [0.2, 0.25) is 0 Å². The van der Waals surface area contributed by atoms with E-state index in [1.54, 1.807) is 26.0 Å². The van der Waals surface area contributed by atoms with Crippen molar-refractivity contribution in [1.82, 2.24) is 0 Å². The fourth-order valence-corrected chi connectivity index (χ4v) is 0.949. The number of nitrogens with two attached hydrogens (primary N) is 2. The number of carbonyl (C=O) groups is 1. The summed E-state index contributed by atoms with van der Waals surface area (Å²) in [5.74, 6) is -0.417. The van der Waals surface area contributed by atoms with Crippen LogP contribution in [0.15, 0.2) is 24.3 Å². The van der Waals surface area contributed by atoms with Gasteiger partial charge in [-0.3, -0.25) is 4.79 Å². The molecule has 0 aliphatic heterocycles. The predicted molar refractivity (Wildman–Crippen MR) is 81.6 cm³/mol. The summed E-state index contributed by atoms with van der Waals surface area (Å²) >= 11 is 0. The summed E-state index contributed by atoms with van der Waals surface area (Å²) in [6.07, 6.45) is 0. The third-order valence-electron chi connectivity index (χ3n) is 1.88. The maximum absolute atomic E-state index is 11.3. The second kappa shape index (κ2) is 10.4. The Hall–Kier alpha value is -1.55. The van der Waals surface area contributed by atoms with E-state index in [1.165, 1.54) is 0 Å². The molecule has 0 radical (unpaired) electrons. The molecule has 0 fully saturated rings. The Bertz CT molecular complexity index is 340. The van der Waals surface area contributed by atoms with E-state index in [0.717, 1.165) is 5.56 Å². The van der Waals surface area contributed by atoms with Crippen molar-refractivity contribution in [3.8, 4) is 0 Å². The van der Waals surface area contributed by atoms with E-state index in [1.807, 2.05) is 39.8 Å². The molecule has 110 valence electrons. The number of rotatable bonds is 3. The summed E-state index contributed by atoms with van der Waals surface area (Å²) in [5, 5.41) is 0. The van der Waals surface area contributed by atoms with Gasteiger partial charge in [-0.25, -0.2) is 0 Å². The zero-order chi connectivity index (χ0) is 15.5. The van der Waals surface area contributed by atoms with Crippen LogP contribution >= 0.6 is 0 Å². The van der Waals surface area contributed by atoms with Gasteiger partial charge in [-0.15, -0.1) is 0 Å². The number of carbonyl (C=O) groups excluding carboxylic acids is 1. The topological polar surface area (TPSA) is 78.3 Å². The first-order chi connectivity index (χ1) is 8.89. The SMILES string of the molecule is CC.CC.CC(C)(N)C(=O)OCc1ccc(N)cc1. The number of benzene rings is 1. The van der Waals surface area contributed by atoms with Crippen LogP contribution in [0.3, 0.4) is 0 Å². The highest BCUT2D eigenvalue weighted by Gasteiger charge is 2.23. The molecular formula is C15H28N2O2. The maximum atomic E-state index is 11.3. The molecule has 0 aliphatic rings. The van der Waals surface area contributed by atoms with Crippen LogP contribution in [-0.2, 0) is 16.1 Å². The molecule has 0 heterocycles. The number of nitrogen functional groups attached to an aromatic ring is 1. The highest BCUT2D eigenvalue weighted by molar-refractivity contribution is 5.79. The first-order valence-corrected chi connectivity index (χ1v) is 6.70. The molecule has 4 heteroatoms. The quantitative estimate of drug-likeness (QED) is 0.652. The smallest absolute Gasteiger partial charge is 0.325 e. The van der Waals surface area contributed by atoms with Crippen molar-refractivity contribution in [1.29, 1.82) is 0 Å². The Morgan fingerprint density at radius 2 is 1.53 bits per heavy atom. The van der Waals surface area contributed by atoms with Crippen LogP contribution in [0.1, 0.15) is 47.1 Å². The van der Waals surface area contributed by atoms with Gasteiger partial charge in [-0.2, -0.15) is 0 Å². The van der Waals surface area contributed by atoms with Crippen molar-refractivity contribution >= 4 is 11.7 Å². The Morgan fingerprint density at radius 3 is 1.89 bits per heavy atom. The molecule has 0 unspecified atom stereocenters. The molecule has 4 N–H and O–H groups in total. The van der Waals surface area contributed by atoms with Crippen LogP contribution in [0.2, 0.25) is 0 Å². The van der Waals surface area contributed by atoms with E-state index in [4.69, 9.17) is 16.2 Å². The fourth-order valence-electron chi connectivity index (χ4n) is 0.949. The van der Waals surface area contributed by atoms with Crippen molar-refractivity contribution in [2.24, 2.45) is 5.73 Å². The van der Waals surface area contributed by atoms with E-state index < -0.39 is 11.5 Å². The van der Waals surface area contributed by atoms with Gasteiger partial charge in [0.05, 0.1) is 0 Å². The first kappa shape index (κ1) is 19.8. The number of esters is 1. The first-order valence-electron chi connectivity index (χ1n) is 6.70. The molecule has 0 saturated heterocycles. The van der Waals surface area contributed by atoms with Crippen molar-refractivity contribution in [3.63, 3.8) is 0 Å². The molecule has 1 rings (SSSR count). The predicted octanol–water partition coefficient (Wildman–Crippen LogP) is 3.10. The third kappa shape index (κ3) is 9.08. The number of ether oxygens (including phenoxy) is 1. The van der Waals surface area contributed by atoms with Crippen LogP contribution < -0.4 is 11.5 Å². The van der Waals surface area contributed by atoms with E-state index in [-0.39, 0.29) is 6.61 Å². The van der Waals surface area contributed by atoms with Gasteiger partial charge in [0, 0.05) is 5.69 Å². The molecule has 0 aromatic heterocycles. The van der Waals surface area contributed by atoms with Crippen molar-refractivity contribution in [3.05, 3.63) is 29.8 Å². The molecule has 0 saturated carbocycles. The number of hydrogen-bond acceptors (Lipinski definition) is 4. The lowest BCUT2D eigenvalue weighted by Crippen LogP contribution is -2.42. The van der Waals surface area contributed by atoms with E-state index in [2.05, 4.69) is 0 Å². The second-order valence-electron chi connectivity index (χ2n) is 4.04. The van der Waals surface area contributed by atoms with Crippen molar-refractivity contribution in [2.45, 2.75) is 53.7 Å². The largest absolute Gasteiger partial charge is 0.459 e. The lowest BCUT2D eigenvalue weighted by molar-refractivity contribution is -0.150. The molecule has 0 aliphatic carbocycles. The van der Waals surface area contributed by atoms with Gasteiger partial charge < -0.3 is 16.2 Å². The van der Waals surface area contributed by atoms with Gasteiger partial charge in [-0.05, 0) is 31.5 Å². The number of anilines is 1. The van der Waals surface area contributed by atoms with Gasteiger partial charge in [0.15, 0.2) is 0 Å². The van der Waals surface area contributed by atoms with E-state index in [0.29, 0.717) is 5.69 Å². The summed E-state index contributed by atoms with van der Waals surface area (Å²) < 4.78 is 5.03. The molecule has 4 nitrogen and oxygen atoms in total. The summed E-state index contributed by atoms with van der Waals surface area (Å²) in [5.41, 5.74) is 11.7. The summed E-state index contributed by atoms with van der Waals surface area (Å²) in [4.78, 5) is 11.3. The molecule has 1 aromatic carbocycles. The summed E-state index contributed by atoms with van der Waals surface area (Å²) in [7, 11) is 0. The summed E-state index contributed by atoms with van der Waals surface area (Å²) in [6.45, 7) is 11.4. The Labute approximate surface area is 117 Å². The lowest BCUT2D eigenvalue weighted by Gasteiger charge is -2.16. The average Bonchev–Trinajstić information content (AvgIpc) is 2.41. The monoisotopic (exact) mass is 268 g/mol. The lowest BCUT2D eigenvalue weighted by atomic mass is 10.1. The Kier molecular flexibility index (Phi) is 10.8. The molecule has 0 bridgehead atoms. The van der Waals surface area contributed by atoms with Crippen LogP contribution in [0.25, 0.3) is 0 Å². The normalized spacial score (nSPS) is 9.42. The Balaban J connectivity index is 0. The molecule has 0 spiro atoms. The average molecular weight is 268 g/mol. The minimum atomic E-state index is -0.951. The van der Waals surface area contributed by atoms with Crippen LogP contribution in [0.5, 0.6) is 0 Å². The van der Waals surface area contributed by atoms with Crippen LogP contribution in [0.4, 0.5) is 5.69 Å². The van der Waals surface area contributed by atoms with Gasteiger partial charge in [-0.1, -0.05) is 39.8 Å². The molecular weight excluding hydrogens is 240 g/mol. The summed E-state index contributed by atoms with van der Waals surface area (Å²) in [6, 6.07) is 7.14. The van der Waals surface area contributed by atoms with E-state index >= 15 is 0 Å². The highest BCUT2D eigenvalue weighted by atomic mass is 16.5. The van der Waals surface area contributed by atoms with Gasteiger partial charge in [0.1, 0.15) is 12.1 Å². The zero-order valence-corrected chi connectivity index (χ0v) is 13.0. The molecule has 1 aromatic rings. The standard InChI is InChI=1S/C11H16N2O2.2C2H6/c1-11(2,13)10(14)15-7-8-3-5-9(12)6-4-8;2*1-2/h3-6H,7,12-13H2,1-2H3;2*1-2H3. The van der Waals surface area contributed by atoms with Crippen molar-refractivity contribution in [2.75, 3.05) is 5.73 Å². The zero-order valence-electron chi connectivity index (χ0n) is 13.0.